The summed E-state index contributed by atoms with van der Waals surface area (Å²) in [7, 11) is -4.00. The fourth-order valence-electron chi connectivity index (χ4n) is 2.33. The SMILES string of the molecule is Cc1ccc(C)c(S(=O)(=O)NC(=O)c2nc(-c3cccs3)oc2C)c1. The van der Waals surface area contributed by atoms with Crippen molar-refractivity contribution in [2.45, 2.75) is 25.7 Å². The van der Waals surface area contributed by atoms with Gasteiger partial charge in [0.15, 0.2) is 5.69 Å². The molecule has 25 heavy (non-hydrogen) atoms. The third-order valence-electron chi connectivity index (χ3n) is 3.60. The van der Waals surface area contributed by atoms with Crippen LogP contribution < -0.4 is 4.72 Å². The van der Waals surface area contributed by atoms with Gasteiger partial charge in [0.2, 0.25) is 5.89 Å². The van der Waals surface area contributed by atoms with Crippen LogP contribution in [0.15, 0.2) is 45.0 Å². The van der Waals surface area contributed by atoms with E-state index in [1.165, 1.54) is 17.4 Å². The largest absolute Gasteiger partial charge is 0.440 e. The standard InChI is InChI=1S/C17H16N2O4S2/c1-10-6-7-11(2)14(9-10)25(21,22)19-16(20)15-12(3)23-17(18-15)13-5-4-8-24-13/h4-9H,1-3H3,(H,19,20). The van der Waals surface area contributed by atoms with Crippen molar-refractivity contribution in [1.29, 1.82) is 0 Å². The van der Waals surface area contributed by atoms with E-state index in [2.05, 4.69) is 9.71 Å². The Kier molecular flexibility index (Phi) is 4.49. The lowest BCUT2D eigenvalue weighted by atomic mass is 10.2. The van der Waals surface area contributed by atoms with Crippen LogP contribution in [0.4, 0.5) is 0 Å². The van der Waals surface area contributed by atoms with Crippen LogP contribution in [-0.2, 0) is 10.0 Å². The molecule has 8 heteroatoms. The molecule has 0 radical (unpaired) electrons. The third-order valence-corrected chi connectivity index (χ3v) is 5.93. The highest BCUT2D eigenvalue weighted by Crippen LogP contribution is 2.26. The first-order valence-electron chi connectivity index (χ1n) is 7.43. The zero-order valence-corrected chi connectivity index (χ0v) is 15.5. The molecular formula is C17H16N2O4S2. The molecule has 0 unspecified atom stereocenters. The Balaban J connectivity index is 1.91. The topological polar surface area (TPSA) is 89.3 Å². The van der Waals surface area contributed by atoms with Gasteiger partial charge in [-0.2, -0.15) is 0 Å². The van der Waals surface area contributed by atoms with Gasteiger partial charge in [-0.3, -0.25) is 4.79 Å². The van der Waals surface area contributed by atoms with Crippen LogP contribution >= 0.6 is 11.3 Å². The van der Waals surface area contributed by atoms with Gasteiger partial charge >= 0.3 is 0 Å². The van der Waals surface area contributed by atoms with Gasteiger partial charge in [-0.15, -0.1) is 11.3 Å². The van der Waals surface area contributed by atoms with Gasteiger partial charge in [0.1, 0.15) is 5.76 Å². The lowest BCUT2D eigenvalue weighted by Gasteiger charge is -2.09. The number of sulfonamides is 1. The van der Waals surface area contributed by atoms with Gasteiger partial charge in [-0.05, 0) is 49.4 Å². The molecule has 0 saturated carbocycles. The molecule has 6 nitrogen and oxygen atoms in total. The van der Waals surface area contributed by atoms with Gasteiger partial charge in [0.05, 0.1) is 9.77 Å². The Morgan fingerprint density at radius 1 is 1.20 bits per heavy atom. The number of thiophene rings is 1. The summed E-state index contributed by atoms with van der Waals surface area (Å²) in [6, 6.07) is 8.68. The van der Waals surface area contributed by atoms with Gasteiger partial charge in [-0.25, -0.2) is 18.1 Å². The van der Waals surface area contributed by atoms with Crippen LogP contribution in [0, 0.1) is 20.8 Å². The number of oxazole rings is 1. The fraction of sp³-hybridized carbons (Fsp3) is 0.176. The number of nitrogens with zero attached hydrogens (tertiary/aromatic N) is 1. The van der Waals surface area contributed by atoms with Crippen molar-refractivity contribution in [1.82, 2.24) is 9.71 Å². The Morgan fingerprint density at radius 2 is 1.96 bits per heavy atom. The second kappa shape index (κ2) is 6.45. The predicted molar refractivity (Wildman–Crippen MR) is 95.1 cm³/mol. The highest BCUT2D eigenvalue weighted by molar-refractivity contribution is 7.90. The summed E-state index contributed by atoms with van der Waals surface area (Å²) in [4.78, 5) is 17.4. The average molecular weight is 376 g/mol. The number of amides is 1. The molecule has 0 bridgehead atoms. The van der Waals surface area contributed by atoms with Gasteiger partial charge in [0, 0.05) is 0 Å². The van der Waals surface area contributed by atoms with E-state index < -0.39 is 15.9 Å². The molecule has 0 spiro atoms. The second-order valence-corrected chi connectivity index (χ2v) is 8.20. The summed E-state index contributed by atoms with van der Waals surface area (Å²) < 4.78 is 32.7. The Hall–Kier alpha value is -2.45. The number of carbonyl (C=O) groups is 1. The van der Waals surface area contributed by atoms with E-state index in [0.29, 0.717) is 11.5 Å². The first-order valence-corrected chi connectivity index (χ1v) is 9.80. The van der Waals surface area contributed by atoms with Crippen molar-refractivity contribution in [3.8, 4) is 10.8 Å². The van der Waals surface area contributed by atoms with Crippen molar-refractivity contribution >= 4 is 27.3 Å². The summed E-state index contributed by atoms with van der Waals surface area (Å²) in [6.07, 6.45) is 0. The zero-order chi connectivity index (χ0) is 18.2. The average Bonchev–Trinajstić information content (AvgIpc) is 3.18. The zero-order valence-electron chi connectivity index (χ0n) is 13.9. The van der Waals surface area contributed by atoms with Gasteiger partial charge < -0.3 is 4.42 Å². The van der Waals surface area contributed by atoms with Crippen molar-refractivity contribution < 1.29 is 17.6 Å². The molecule has 0 aliphatic carbocycles. The van der Waals surface area contributed by atoms with Crippen molar-refractivity contribution in [3.05, 3.63) is 58.3 Å². The Labute approximate surface area is 149 Å². The smallest absolute Gasteiger partial charge is 0.287 e. The van der Waals surface area contributed by atoms with Crippen molar-refractivity contribution in [2.24, 2.45) is 0 Å². The van der Waals surface area contributed by atoms with Crippen LogP contribution in [0.2, 0.25) is 0 Å². The molecule has 0 saturated heterocycles. The van der Waals surface area contributed by atoms with Gasteiger partial charge in [0.25, 0.3) is 15.9 Å². The summed E-state index contributed by atoms with van der Waals surface area (Å²) in [6.45, 7) is 5.04. The lowest BCUT2D eigenvalue weighted by Crippen LogP contribution is -2.31. The maximum atomic E-state index is 12.5. The molecule has 3 aromatic rings. The number of rotatable bonds is 4. The van der Waals surface area contributed by atoms with Gasteiger partial charge in [-0.1, -0.05) is 18.2 Å². The lowest BCUT2D eigenvalue weighted by molar-refractivity contribution is 0.0975. The summed E-state index contributed by atoms with van der Waals surface area (Å²) >= 11 is 1.42. The number of hydrogen-bond acceptors (Lipinski definition) is 6. The summed E-state index contributed by atoms with van der Waals surface area (Å²) in [5.41, 5.74) is 1.30. The third kappa shape index (κ3) is 3.49. The molecule has 0 aliphatic heterocycles. The molecule has 1 amide bonds. The van der Waals surface area contributed by atoms with Crippen LogP contribution in [0.5, 0.6) is 0 Å². The molecule has 1 aromatic carbocycles. The van der Waals surface area contributed by atoms with E-state index in [-0.39, 0.29) is 16.3 Å². The number of nitrogens with one attached hydrogen (secondary N) is 1. The molecule has 2 aromatic heterocycles. The van der Waals surface area contributed by atoms with E-state index in [1.54, 1.807) is 26.8 Å². The molecule has 0 fully saturated rings. The van der Waals surface area contributed by atoms with Crippen LogP contribution in [0.25, 0.3) is 10.8 Å². The van der Waals surface area contributed by atoms with Crippen molar-refractivity contribution in [2.75, 3.05) is 0 Å². The van der Waals surface area contributed by atoms with E-state index in [0.717, 1.165) is 10.4 Å². The first-order chi connectivity index (χ1) is 11.8. The number of benzene rings is 1. The van der Waals surface area contributed by atoms with E-state index in [4.69, 9.17) is 4.42 Å². The minimum atomic E-state index is -4.00. The van der Waals surface area contributed by atoms with E-state index >= 15 is 0 Å². The number of aryl methyl sites for hydroxylation is 3. The molecule has 0 atom stereocenters. The normalized spacial score (nSPS) is 11.5. The summed E-state index contributed by atoms with van der Waals surface area (Å²) in [5, 5.41) is 1.86. The predicted octanol–water partition coefficient (Wildman–Crippen LogP) is 3.45. The fourth-order valence-corrected chi connectivity index (χ4v) is 4.27. The Morgan fingerprint density at radius 3 is 2.64 bits per heavy atom. The first kappa shape index (κ1) is 17.4. The maximum Gasteiger partial charge on any atom is 0.287 e. The van der Waals surface area contributed by atoms with Crippen LogP contribution in [0.1, 0.15) is 27.4 Å². The number of carbonyl (C=O) groups excluding carboxylic acids is 1. The van der Waals surface area contributed by atoms with E-state index in [9.17, 15) is 13.2 Å². The van der Waals surface area contributed by atoms with Crippen LogP contribution in [-0.4, -0.2) is 19.3 Å². The highest BCUT2D eigenvalue weighted by atomic mass is 32.2. The molecule has 2 heterocycles. The summed E-state index contributed by atoms with van der Waals surface area (Å²) in [5.74, 6) is -0.260. The minimum Gasteiger partial charge on any atom is -0.440 e. The molecule has 0 aliphatic rings. The molecule has 1 N–H and O–H groups in total. The monoisotopic (exact) mass is 376 g/mol. The Bertz CT molecular complexity index is 1030. The quantitative estimate of drug-likeness (QED) is 0.753. The number of hydrogen-bond donors (Lipinski definition) is 1. The highest BCUT2D eigenvalue weighted by Gasteiger charge is 2.25. The molecular weight excluding hydrogens is 360 g/mol. The molecule has 130 valence electrons. The second-order valence-electron chi connectivity index (χ2n) is 5.60. The van der Waals surface area contributed by atoms with E-state index in [1.807, 2.05) is 23.6 Å². The van der Waals surface area contributed by atoms with Crippen LogP contribution in [0.3, 0.4) is 0 Å². The molecule has 3 rings (SSSR count). The minimum absolute atomic E-state index is 0.0442. The van der Waals surface area contributed by atoms with Crippen molar-refractivity contribution in [3.63, 3.8) is 0 Å². The number of aromatic nitrogens is 1. The maximum absolute atomic E-state index is 12.5.